The van der Waals surface area contributed by atoms with Gasteiger partial charge in [0.1, 0.15) is 5.71 Å². The number of rotatable bonds is 6. The Bertz CT molecular complexity index is 988. The van der Waals surface area contributed by atoms with Crippen LogP contribution in [-0.4, -0.2) is 16.6 Å². The van der Waals surface area contributed by atoms with Gasteiger partial charge in [0.15, 0.2) is 0 Å². The van der Waals surface area contributed by atoms with Gasteiger partial charge in [-0.25, -0.2) is 4.79 Å². The topological polar surface area (TPSA) is 81.8 Å². The summed E-state index contributed by atoms with van der Waals surface area (Å²) in [6.45, 7) is 0. The van der Waals surface area contributed by atoms with Gasteiger partial charge in [-0.2, -0.15) is 0 Å². The van der Waals surface area contributed by atoms with Gasteiger partial charge in [0, 0.05) is 18.6 Å². The molecule has 0 saturated carbocycles. The molecule has 0 aliphatic heterocycles. The zero-order valence-corrected chi connectivity index (χ0v) is 15.4. The van der Waals surface area contributed by atoms with Crippen molar-refractivity contribution < 1.29 is 14.6 Å². The highest BCUT2D eigenvalue weighted by Gasteiger charge is 2.17. The largest absolute Gasteiger partial charge is 0.367 e. The molecule has 8 heteroatoms. The average Bonchev–Trinajstić information content (AvgIpc) is 3.20. The minimum atomic E-state index is -0.781. The Balaban J connectivity index is 1.82. The molecule has 3 aromatic rings. The summed E-state index contributed by atoms with van der Waals surface area (Å²) < 4.78 is 0. The molecule has 27 heavy (non-hydrogen) atoms. The molecule has 1 aromatic heterocycles. The van der Waals surface area contributed by atoms with Crippen LogP contribution < -0.4 is 0 Å². The second kappa shape index (κ2) is 8.57. The van der Waals surface area contributed by atoms with Gasteiger partial charge in [-0.1, -0.05) is 53.2 Å². The van der Waals surface area contributed by atoms with Crippen LogP contribution in [0.25, 0.3) is 0 Å². The lowest BCUT2D eigenvalue weighted by atomic mass is 10.1. The fourth-order valence-corrected chi connectivity index (χ4v) is 3.28. The number of thiophene rings is 1. The Morgan fingerprint density at radius 3 is 2.56 bits per heavy atom. The lowest BCUT2D eigenvalue weighted by Gasteiger charge is -2.05. The summed E-state index contributed by atoms with van der Waals surface area (Å²) >= 11 is 7.44. The number of nitro benzene ring substituents is 1. The quantitative estimate of drug-likeness (QED) is 0.249. The van der Waals surface area contributed by atoms with Crippen LogP contribution >= 0.6 is 22.9 Å². The number of hydrogen-bond acceptors (Lipinski definition) is 6. The third kappa shape index (κ3) is 4.78. The van der Waals surface area contributed by atoms with Crippen LogP contribution in [-0.2, 0) is 11.3 Å². The molecule has 0 fully saturated rings. The highest BCUT2D eigenvalue weighted by molar-refractivity contribution is 7.12. The predicted molar refractivity (Wildman–Crippen MR) is 105 cm³/mol. The maximum absolute atomic E-state index is 12.3. The van der Waals surface area contributed by atoms with E-state index in [1.807, 2.05) is 47.8 Å². The zero-order valence-electron chi connectivity index (χ0n) is 13.9. The van der Waals surface area contributed by atoms with E-state index in [0.717, 1.165) is 16.5 Å². The molecule has 0 aliphatic rings. The number of oxime groups is 1. The lowest BCUT2D eigenvalue weighted by Crippen LogP contribution is -2.08. The van der Waals surface area contributed by atoms with Crippen molar-refractivity contribution in [2.24, 2.45) is 5.16 Å². The normalized spacial score (nSPS) is 11.2. The molecule has 0 aliphatic carbocycles. The summed E-state index contributed by atoms with van der Waals surface area (Å²) in [5, 5.41) is 16.6. The Labute approximate surface area is 163 Å². The van der Waals surface area contributed by atoms with Gasteiger partial charge in [-0.05, 0) is 23.1 Å². The molecule has 0 spiro atoms. The van der Waals surface area contributed by atoms with Gasteiger partial charge in [0.25, 0.3) is 5.69 Å². The third-order valence-corrected chi connectivity index (χ3v) is 4.87. The number of halogens is 1. The third-order valence-electron chi connectivity index (χ3n) is 3.64. The van der Waals surface area contributed by atoms with E-state index in [1.165, 1.54) is 23.5 Å². The first-order valence-corrected chi connectivity index (χ1v) is 9.10. The minimum absolute atomic E-state index is 0.0104. The standard InChI is InChI=1S/C19H13ClN2O4S/c20-16-12-14(22(24)25)8-9-15(16)19(23)26-21-17(18-7-4-10-27-18)11-13-5-2-1-3-6-13/h1-10,12H,11H2/b21-17+. The SMILES string of the molecule is O=C(O/N=C(\Cc1ccccc1)c1cccs1)c1ccc([N+](=O)[O-])cc1Cl. The van der Waals surface area contributed by atoms with Crippen LogP contribution in [0.2, 0.25) is 5.02 Å². The van der Waals surface area contributed by atoms with Crippen molar-refractivity contribution in [3.05, 3.63) is 97.2 Å². The van der Waals surface area contributed by atoms with Crippen molar-refractivity contribution >= 4 is 40.3 Å². The molecular formula is C19H13ClN2O4S. The molecule has 0 bridgehead atoms. The number of benzene rings is 2. The molecule has 136 valence electrons. The summed E-state index contributed by atoms with van der Waals surface area (Å²) in [5.41, 5.74) is 1.43. The van der Waals surface area contributed by atoms with Crippen LogP contribution in [0.1, 0.15) is 20.8 Å². The van der Waals surface area contributed by atoms with E-state index in [0.29, 0.717) is 12.1 Å². The summed E-state index contributed by atoms with van der Waals surface area (Å²) in [6.07, 6.45) is 0.489. The molecule has 0 radical (unpaired) electrons. The van der Waals surface area contributed by atoms with Crippen molar-refractivity contribution in [3.63, 3.8) is 0 Å². The van der Waals surface area contributed by atoms with Crippen LogP contribution in [0.4, 0.5) is 5.69 Å². The monoisotopic (exact) mass is 400 g/mol. The van der Waals surface area contributed by atoms with Crippen LogP contribution in [0.5, 0.6) is 0 Å². The Hall–Kier alpha value is -3.03. The molecular weight excluding hydrogens is 388 g/mol. The number of carbonyl (C=O) groups is 1. The number of nitrogens with zero attached hydrogens (tertiary/aromatic N) is 2. The Kier molecular flexibility index (Phi) is 5.95. The van der Waals surface area contributed by atoms with E-state index in [-0.39, 0.29) is 16.3 Å². The van der Waals surface area contributed by atoms with Gasteiger partial charge in [0.05, 0.1) is 20.4 Å². The number of non-ortho nitro benzene ring substituents is 1. The second-order valence-electron chi connectivity index (χ2n) is 5.48. The smallest absolute Gasteiger partial charge is 0.312 e. The molecule has 0 N–H and O–H groups in total. The van der Waals surface area contributed by atoms with Gasteiger partial charge < -0.3 is 4.84 Å². The van der Waals surface area contributed by atoms with E-state index >= 15 is 0 Å². The molecule has 0 saturated heterocycles. The maximum Gasteiger partial charge on any atom is 0.367 e. The fraction of sp³-hybridized carbons (Fsp3) is 0.0526. The number of hydrogen-bond donors (Lipinski definition) is 0. The first-order valence-electron chi connectivity index (χ1n) is 7.84. The molecule has 3 rings (SSSR count). The molecule has 1 heterocycles. The number of carbonyl (C=O) groups excluding carboxylic acids is 1. The van der Waals surface area contributed by atoms with E-state index in [1.54, 1.807) is 0 Å². The first kappa shape index (κ1) is 18.8. The van der Waals surface area contributed by atoms with E-state index < -0.39 is 10.9 Å². The molecule has 0 amide bonds. The minimum Gasteiger partial charge on any atom is -0.312 e. The van der Waals surface area contributed by atoms with Crippen molar-refractivity contribution in [3.8, 4) is 0 Å². The van der Waals surface area contributed by atoms with E-state index in [2.05, 4.69) is 5.16 Å². The molecule has 0 unspecified atom stereocenters. The average molecular weight is 401 g/mol. The zero-order chi connectivity index (χ0) is 19.2. The van der Waals surface area contributed by atoms with Crippen molar-refractivity contribution in [1.29, 1.82) is 0 Å². The highest BCUT2D eigenvalue weighted by Crippen LogP contribution is 2.23. The number of nitro groups is 1. The van der Waals surface area contributed by atoms with Crippen molar-refractivity contribution in [2.75, 3.05) is 0 Å². The molecule has 2 aromatic carbocycles. The Morgan fingerprint density at radius 2 is 1.93 bits per heavy atom. The lowest BCUT2D eigenvalue weighted by molar-refractivity contribution is -0.384. The van der Waals surface area contributed by atoms with E-state index in [4.69, 9.17) is 16.4 Å². The van der Waals surface area contributed by atoms with Crippen molar-refractivity contribution in [1.82, 2.24) is 0 Å². The van der Waals surface area contributed by atoms with Gasteiger partial charge in [0.2, 0.25) is 0 Å². The van der Waals surface area contributed by atoms with E-state index in [9.17, 15) is 14.9 Å². The summed E-state index contributed by atoms with van der Waals surface area (Å²) in [7, 11) is 0. The summed E-state index contributed by atoms with van der Waals surface area (Å²) in [5.74, 6) is -0.781. The van der Waals surface area contributed by atoms with Crippen LogP contribution in [0, 0.1) is 10.1 Å². The van der Waals surface area contributed by atoms with Crippen molar-refractivity contribution in [2.45, 2.75) is 6.42 Å². The highest BCUT2D eigenvalue weighted by atomic mass is 35.5. The second-order valence-corrected chi connectivity index (χ2v) is 6.83. The molecule has 6 nitrogen and oxygen atoms in total. The summed E-state index contributed by atoms with van der Waals surface area (Å²) in [4.78, 5) is 28.4. The first-order chi connectivity index (χ1) is 13.0. The van der Waals surface area contributed by atoms with Gasteiger partial charge in [-0.3, -0.25) is 10.1 Å². The fourth-order valence-electron chi connectivity index (χ4n) is 2.33. The summed E-state index contributed by atoms with van der Waals surface area (Å²) in [6, 6.07) is 17.0. The Morgan fingerprint density at radius 1 is 1.15 bits per heavy atom. The molecule has 0 atom stereocenters. The maximum atomic E-state index is 12.3. The predicted octanol–water partition coefficient (Wildman–Crippen LogP) is 5.11. The van der Waals surface area contributed by atoms with Crippen LogP contribution in [0.3, 0.4) is 0 Å². The van der Waals surface area contributed by atoms with Crippen LogP contribution in [0.15, 0.2) is 71.2 Å². The van der Waals surface area contributed by atoms with Gasteiger partial charge >= 0.3 is 5.97 Å². The van der Waals surface area contributed by atoms with Gasteiger partial charge in [-0.15, -0.1) is 11.3 Å².